The van der Waals surface area contributed by atoms with Crippen LogP contribution in [0.2, 0.25) is 0 Å². The Morgan fingerprint density at radius 3 is 2.21 bits per heavy atom. The van der Waals surface area contributed by atoms with Crippen LogP contribution in [0.15, 0.2) is 77.6 Å². The molecule has 0 aliphatic carbocycles. The Morgan fingerprint density at radius 1 is 0.970 bits per heavy atom. The number of hydrogen-bond acceptors (Lipinski definition) is 4. The quantitative estimate of drug-likeness (QED) is 0.413. The van der Waals surface area contributed by atoms with Gasteiger partial charge in [0.25, 0.3) is 11.5 Å². The molecule has 0 aliphatic heterocycles. The molecule has 4 aromatic rings. The second-order valence-corrected chi connectivity index (χ2v) is 8.15. The van der Waals surface area contributed by atoms with Crippen LogP contribution < -0.4 is 15.2 Å². The molecule has 0 unspecified atom stereocenters. The maximum atomic E-state index is 13.5. The zero-order chi connectivity index (χ0) is 23.5. The summed E-state index contributed by atoms with van der Waals surface area (Å²) in [4.78, 5) is 28.3. The molecule has 0 bridgehead atoms. The van der Waals surface area contributed by atoms with Gasteiger partial charge in [-0.1, -0.05) is 44.2 Å². The van der Waals surface area contributed by atoms with Gasteiger partial charge in [-0.3, -0.25) is 9.59 Å². The summed E-state index contributed by atoms with van der Waals surface area (Å²) in [5, 5.41) is 5.48. The second-order valence-electron chi connectivity index (χ2n) is 8.15. The van der Waals surface area contributed by atoms with Crippen molar-refractivity contribution in [3.63, 3.8) is 0 Å². The van der Waals surface area contributed by atoms with E-state index in [0.717, 1.165) is 5.69 Å². The molecule has 0 saturated heterocycles. The predicted octanol–water partition coefficient (Wildman–Crippen LogP) is 5.18. The molecule has 168 valence electrons. The number of benzene rings is 3. The lowest BCUT2D eigenvalue weighted by atomic mass is 10.0. The first-order valence-corrected chi connectivity index (χ1v) is 11.0. The smallest absolute Gasteiger partial charge is 0.279 e. The molecule has 0 saturated carbocycles. The van der Waals surface area contributed by atoms with Crippen molar-refractivity contribution in [2.24, 2.45) is 0 Å². The number of carbonyl (C=O) groups excluding carboxylic acids is 1. The van der Waals surface area contributed by atoms with Gasteiger partial charge in [-0.2, -0.15) is 9.78 Å². The highest BCUT2D eigenvalue weighted by atomic mass is 16.5. The molecule has 0 fully saturated rings. The van der Waals surface area contributed by atoms with Gasteiger partial charge in [0.2, 0.25) is 0 Å². The number of carbonyl (C=O) groups is 1. The van der Waals surface area contributed by atoms with E-state index in [9.17, 15) is 9.59 Å². The summed E-state index contributed by atoms with van der Waals surface area (Å²) >= 11 is 0. The Bertz CT molecular complexity index is 1340. The molecule has 0 N–H and O–H groups in total. The summed E-state index contributed by atoms with van der Waals surface area (Å²) in [7, 11) is 1.72. The highest BCUT2D eigenvalue weighted by Gasteiger charge is 2.21. The Labute approximate surface area is 193 Å². The minimum Gasteiger partial charge on any atom is -0.494 e. The van der Waals surface area contributed by atoms with Crippen molar-refractivity contribution < 1.29 is 9.53 Å². The summed E-state index contributed by atoms with van der Waals surface area (Å²) in [5.41, 5.74) is 2.46. The number of hydrogen-bond donors (Lipinski definition) is 0. The lowest BCUT2D eigenvalue weighted by molar-refractivity contribution is 0.0988. The first-order valence-electron chi connectivity index (χ1n) is 11.0. The number of amides is 1. The van der Waals surface area contributed by atoms with E-state index in [-0.39, 0.29) is 17.2 Å². The van der Waals surface area contributed by atoms with Gasteiger partial charge in [0.05, 0.1) is 17.7 Å². The molecular weight excluding hydrogens is 414 g/mol. The molecule has 0 atom stereocenters. The Kier molecular flexibility index (Phi) is 6.27. The third kappa shape index (κ3) is 4.37. The van der Waals surface area contributed by atoms with Gasteiger partial charge in [-0.25, -0.2) is 0 Å². The second kappa shape index (κ2) is 9.28. The fraction of sp³-hybridized carbons (Fsp3) is 0.222. The van der Waals surface area contributed by atoms with E-state index in [4.69, 9.17) is 4.74 Å². The van der Waals surface area contributed by atoms with E-state index in [1.165, 1.54) is 10.2 Å². The molecule has 4 rings (SSSR count). The van der Waals surface area contributed by atoms with E-state index in [1.807, 2.05) is 31.2 Å². The van der Waals surface area contributed by atoms with E-state index in [2.05, 4.69) is 18.9 Å². The monoisotopic (exact) mass is 441 g/mol. The average Bonchev–Trinajstić information content (AvgIpc) is 2.84. The normalized spacial score (nSPS) is 11.1. The molecule has 6 nitrogen and oxygen atoms in total. The molecular formula is C27H27N3O3. The number of nitrogens with zero attached hydrogens (tertiary/aromatic N) is 3. The fourth-order valence-corrected chi connectivity index (χ4v) is 3.73. The van der Waals surface area contributed by atoms with Crippen LogP contribution in [0.1, 0.15) is 42.7 Å². The number of anilines is 1. The van der Waals surface area contributed by atoms with Crippen LogP contribution >= 0.6 is 0 Å². The molecule has 1 heterocycles. The molecule has 1 amide bonds. The maximum Gasteiger partial charge on any atom is 0.279 e. The van der Waals surface area contributed by atoms with Crippen LogP contribution in [0.5, 0.6) is 5.75 Å². The van der Waals surface area contributed by atoms with Crippen LogP contribution in [0.4, 0.5) is 5.69 Å². The minimum absolute atomic E-state index is 0.217. The van der Waals surface area contributed by atoms with Gasteiger partial charge in [-0.15, -0.1) is 0 Å². The van der Waals surface area contributed by atoms with Crippen molar-refractivity contribution in [1.29, 1.82) is 0 Å². The third-order valence-electron chi connectivity index (χ3n) is 5.65. The number of fused-ring (bicyclic) bond motifs is 1. The third-order valence-corrected chi connectivity index (χ3v) is 5.65. The molecule has 6 heteroatoms. The fourth-order valence-electron chi connectivity index (χ4n) is 3.73. The number of ether oxygens (including phenoxy) is 1. The zero-order valence-corrected chi connectivity index (χ0v) is 19.3. The zero-order valence-electron chi connectivity index (χ0n) is 19.3. The van der Waals surface area contributed by atoms with Crippen LogP contribution in [0, 0.1) is 0 Å². The van der Waals surface area contributed by atoms with E-state index >= 15 is 0 Å². The molecule has 0 radical (unpaired) electrons. The minimum atomic E-state index is -0.289. The largest absolute Gasteiger partial charge is 0.494 e. The van der Waals surface area contributed by atoms with Crippen LogP contribution in [0.3, 0.4) is 0 Å². The first-order chi connectivity index (χ1) is 15.9. The van der Waals surface area contributed by atoms with Crippen molar-refractivity contribution in [3.05, 3.63) is 94.4 Å². The summed E-state index contributed by atoms with van der Waals surface area (Å²) in [6, 6.07) is 22.1. The molecule has 3 aromatic carbocycles. The first kappa shape index (κ1) is 22.3. The van der Waals surface area contributed by atoms with Gasteiger partial charge in [0, 0.05) is 18.1 Å². The van der Waals surface area contributed by atoms with Crippen molar-refractivity contribution in [2.45, 2.75) is 26.7 Å². The van der Waals surface area contributed by atoms with Crippen LogP contribution in [0.25, 0.3) is 16.5 Å². The summed E-state index contributed by atoms with van der Waals surface area (Å²) < 4.78 is 6.77. The van der Waals surface area contributed by atoms with E-state index in [0.29, 0.717) is 34.7 Å². The highest BCUT2D eigenvalue weighted by molar-refractivity contribution is 6.12. The number of aromatic nitrogens is 2. The van der Waals surface area contributed by atoms with Gasteiger partial charge in [0.15, 0.2) is 5.69 Å². The predicted molar refractivity (Wildman–Crippen MR) is 132 cm³/mol. The summed E-state index contributed by atoms with van der Waals surface area (Å²) in [6.07, 6.45) is 0. The van der Waals surface area contributed by atoms with Crippen molar-refractivity contribution in [1.82, 2.24) is 9.78 Å². The van der Waals surface area contributed by atoms with Crippen molar-refractivity contribution in [3.8, 4) is 11.4 Å². The maximum absolute atomic E-state index is 13.5. The van der Waals surface area contributed by atoms with E-state index in [1.54, 1.807) is 60.5 Å². The van der Waals surface area contributed by atoms with Gasteiger partial charge >= 0.3 is 0 Å². The van der Waals surface area contributed by atoms with Crippen molar-refractivity contribution in [2.75, 3.05) is 18.6 Å². The SMILES string of the molecule is CCOc1ccc(-n2nc(C(=O)N(C)c3ccc(C(C)C)cc3)c3ccccc3c2=O)cc1. The Hall–Kier alpha value is -3.93. The Morgan fingerprint density at radius 2 is 1.61 bits per heavy atom. The highest BCUT2D eigenvalue weighted by Crippen LogP contribution is 2.23. The summed E-state index contributed by atoms with van der Waals surface area (Å²) in [5.74, 6) is 0.822. The van der Waals surface area contributed by atoms with Crippen LogP contribution in [-0.2, 0) is 0 Å². The Balaban J connectivity index is 1.80. The number of rotatable bonds is 6. The van der Waals surface area contributed by atoms with Gasteiger partial charge < -0.3 is 9.64 Å². The van der Waals surface area contributed by atoms with E-state index < -0.39 is 0 Å². The van der Waals surface area contributed by atoms with Crippen LogP contribution in [-0.4, -0.2) is 29.3 Å². The lowest BCUT2D eigenvalue weighted by Crippen LogP contribution is -2.31. The molecule has 0 spiro atoms. The molecule has 0 aliphatic rings. The average molecular weight is 442 g/mol. The lowest BCUT2D eigenvalue weighted by Gasteiger charge is -2.19. The standard InChI is InChI=1S/C27H27N3O3/c1-5-33-22-16-14-21(15-17-22)30-26(31)24-9-7-6-8-23(24)25(28-30)27(32)29(4)20-12-10-19(11-13-20)18(2)3/h6-18H,5H2,1-4H3. The van der Waals surface area contributed by atoms with Gasteiger partial charge in [0.1, 0.15) is 5.75 Å². The van der Waals surface area contributed by atoms with Crippen molar-refractivity contribution >= 4 is 22.4 Å². The molecule has 33 heavy (non-hydrogen) atoms. The van der Waals surface area contributed by atoms with Gasteiger partial charge in [-0.05, 0) is 60.9 Å². The topological polar surface area (TPSA) is 64.4 Å². The molecule has 1 aromatic heterocycles. The summed E-state index contributed by atoms with van der Waals surface area (Å²) in [6.45, 7) is 6.72.